The van der Waals surface area contributed by atoms with E-state index in [0.29, 0.717) is 18.0 Å². The van der Waals surface area contributed by atoms with Gasteiger partial charge in [-0.2, -0.15) is 14.7 Å². The minimum absolute atomic E-state index is 0.335. The van der Waals surface area contributed by atoms with Crippen LogP contribution in [0.15, 0.2) is 30.9 Å². The molecule has 0 spiro atoms. The lowest BCUT2D eigenvalue weighted by Crippen LogP contribution is -2.05. The summed E-state index contributed by atoms with van der Waals surface area (Å²) >= 11 is 0. The van der Waals surface area contributed by atoms with Gasteiger partial charge >= 0.3 is 5.97 Å². The van der Waals surface area contributed by atoms with Gasteiger partial charge in [0.25, 0.3) is 0 Å². The molecule has 3 aromatic rings. The molecule has 3 aromatic heterocycles. The van der Waals surface area contributed by atoms with E-state index < -0.39 is 0 Å². The highest BCUT2D eigenvalue weighted by atomic mass is 16.5. The van der Waals surface area contributed by atoms with Crippen molar-refractivity contribution in [3.05, 3.63) is 42.0 Å². The fourth-order valence-electron chi connectivity index (χ4n) is 1.97. The van der Waals surface area contributed by atoms with Crippen LogP contribution in [0.4, 0.5) is 0 Å². The third-order valence-corrected chi connectivity index (χ3v) is 2.83. The van der Waals surface area contributed by atoms with Gasteiger partial charge in [-0.25, -0.2) is 14.5 Å². The maximum Gasteiger partial charge on any atom is 0.341 e. The van der Waals surface area contributed by atoms with Crippen LogP contribution in [0.2, 0.25) is 0 Å². The first-order valence-electron chi connectivity index (χ1n) is 6.21. The van der Waals surface area contributed by atoms with Crippen LogP contribution in [0.1, 0.15) is 22.8 Å². The second-order valence-electron chi connectivity index (χ2n) is 4.31. The lowest BCUT2D eigenvalue weighted by atomic mass is 10.3. The van der Waals surface area contributed by atoms with E-state index in [9.17, 15) is 4.79 Å². The second-order valence-corrected chi connectivity index (χ2v) is 4.31. The summed E-state index contributed by atoms with van der Waals surface area (Å²) in [6, 6.07) is 3.84. The molecule has 0 saturated heterocycles. The Morgan fingerprint density at radius 3 is 3.00 bits per heavy atom. The van der Waals surface area contributed by atoms with Crippen molar-refractivity contribution in [3.8, 4) is 5.82 Å². The van der Waals surface area contributed by atoms with Gasteiger partial charge in [-0.3, -0.25) is 0 Å². The van der Waals surface area contributed by atoms with E-state index in [0.717, 1.165) is 11.2 Å². The van der Waals surface area contributed by atoms with E-state index >= 15 is 0 Å². The van der Waals surface area contributed by atoms with Crippen molar-refractivity contribution in [1.82, 2.24) is 24.4 Å². The van der Waals surface area contributed by atoms with E-state index in [4.69, 9.17) is 4.74 Å². The number of aromatic nitrogens is 5. The van der Waals surface area contributed by atoms with Crippen molar-refractivity contribution >= 4 is 11.6 Å². The minimum atomic E-state index is -0.388. The van der Waals surface area contributed by atoms with Gasteiger partial charge in [0, 0.05) is 6.20 Å². The molecular weight excluding hydrogens is 258 g/mol. The van der Waals surface area contributed by atoms with Gasteiger partial charge in [-0.15, -0.1) is 0 Å². The monoisotopic (exact) mass is 271 g/mol. The Morgan fingerprint density at radius 1 is 1.35 bits per heavy atom. The Bertz CT molecular complexity index is 774. The largest absolute Gasteiger partial charge is 0.462 e. The molecule has 0 N–H and O–H groups in total. The maximum absolute atomic E-state index is 11.7. The highest BCUT2D eigenvalue weighted by Gasteiger charge is 2.12. The minimum Gasteiger partial charge on any atom is -0.462 e. The summed E-state index contributed by atoms with van der Waals surface area (Å²) in [5.41, 5.74) is 2.17. The standard InChI is InChI=1S/C13H13N5O2/c1-3-20-13(19)10-6-15-17(7-10)12-5-9(2)4-11-14-8-16-18(11)12/h4-8H,3H2,1-2H3. The van der Waals surface area contributed by atoms with Crippen LogP contribution in [0.5, 0.6) is 0 Å². The fraction of sp³-hybridized carbons (Fsp3) is 0.231. The summed E-state index contributed by atoms with van der Waals surface area (Å²) in [5.74, 6) is 0.328. The van der Waals surface area contributed by atoms with Crippen LogP contribution in [0.25, 0.3) is 11.5 Å². The van der Waals surface area contributed by atoms with Crippen molar-refractivity contribution in [2.45, 2.75) is 13.8 Å². The molecule has 3 rings (SSSR count). The Kier molecular flexibility index (Phi) is 2.94. The van der Waals surface area contributed by atoms with Crippen LogP contribution in [0, 0.1) is 6.92 Å². The molecule has 0 aliphatic rings. The number of hydrogen-bond donors (Lipinski definition) is 0. The molecule has 7 heteroatoms. The Morgan fingerprint density at radius 2 is 2.20 bits per heavy atom. The van der Waals surface area contributed by atoms with Gasteiger partial charge in [-0.05, 0) is 31.5 Å². The van der Waals surface area contributed by atoms with E-state index in [1.165, 1.54) is 12.5 Å². The molecule has 7 nitrogen and oxygen atoms in total. The SMILES string of the molecule is CCOC(=O)c1cnn(-c2cc(C)cc3ncnn23)c1. The first kappa shape index (κ1) is 12.3. The van der Waals surface area contributed by atoms with Crippen molar-refractivity contribution in [3.63, 3.8) is 0 Å². The van der Waals surface area contributed by atoms with E-state index in [-0.39, 0.29) is 5.97 Å². The third kappa shape index (κ3) is 2.03. The summed E-state index contributed by atoms with van der Waals surface area (Å²) in [5, 5.41) is 8.34. The van der Waals surface area contributed by atoms with Gasteiger partial charge in [0.15, 0.2) is 11.5 Å². The zero-order chi connectivity index (χ0) is 14.1. The van der Waals surface area contributed by atoms with E-state index in [1.54, 1.807) is 22.3 Å². The number of nitrogens with zero attached hydrogens (tertiary/aromatic N) is 5. The summed E-state index contributed by atoms with van der Waals surface area (Å²) in [7, 11) is 0. The van der Waals surface area contributed by atoms with Crippen LogP contribution < -0.4 is 0 Å². The van der Waals surface area contributed by atoms with Gasteiger partial charge < -0.3 is 4.74 Å². The molecule has 0 fully saturated rings. The Labute approximate surface area is 114 Å². The molecule has 0 bridgehead atoms. The van der Waals surface area contributed by atoms with Crippen LogP contribution in [0.3, 0.4) is 0 Å². The summed E-state index contributed by atoms with van der Waals surface area (Å²) in [6.07, 6.45) is 4.57. The molecule has 102 valence electrons. The van der Waals surface area contributed by atoms with E-state index in [2.05, 4.69) is 15.2 Å². The topological polar surface area (TPSA) is 74.3 Å². The molecule has 20 heavy (non-hydrogen) atoms. The van der Waals surface area contributed by atoms with Gasteiger partial charge in [0.05, 0.1) is 18.4 Å². The fourth-order valence-corrected chi connectivity index (χ4v) is 1.97. The van der Waals surface area contributed by atoms with Crippen molar-refractivity contribution in [2.75, 3.05) is 6.61 Å². The number of hydrogen-bond acceptors (Lipinski definition) is 5. The summed E-state index contributed by atoms with van der Waals surface area (Å²) < 4.78 is 8.19. The van der Waals surface area contributed by atoms with Crippen LogP contribution in [-0.4, -0.2) is 37.0 Å². The normalized spacial score (nSPS) is 10.9. The lowest BCUT2D eigenvalue weighted by Gasteiger charge is -2.05. The second kappa shape index (κ2) is 4.76. The predicted octanol–water partition coefficient (Wildman–Crippen LogP) is 1.40. The van der Waals surface area contributed by atoms with Crippen molar-refractivity contribution < 1.29 is 9.53 Å². The zero-order valence-electron chi connectivity index (χ0n) is 11.1. The number of pyridine rings is 1. The third-order valence-electron chi connectivity index (χ3n) is 2.83. The number of ether oxygens (including phenoxy) is 1. The van der Waals surface area contributed by atoms with Gasteiger partial charge in [-0.1, -0.05) is 0 Å². The molecule has 0 aliphatic heterocycles. The van der Waals surface area contributed by atoms with E-state index in [1.807, 2.05) is 19.1 Å². The number of fused-ring (bicyclic) bond motifs is 1. The molecule has 0 saturated carbocycles. The lowest BCUT2D eigenvalue weighted by molar-refractivity contribution is 0.0526. The molecule has 0 aliphatic carbocycles. The highest BCUT2D eigenvalue weighted by Crippen LogP contribution is 2.13. The highest BCUT2D eigenvalue weighted by molar-refractivity contribution is 5.88. The molecule has 0 atom stereocenters. The quantitative estimate of drug-likeness (QED) is 0.673. The molecule has 0 amide bonds. The molecule has 3 heterocycles. The van der Waals surface area contributed by atoms with Gasteiger partial charge in [0.2, 0.25) is 0 Å². The average molecular weight is 271 g/mol. The first-order chi connectivity index (χ1) is 9.69. The number of carbonyl (C=O) groups excluding carboxylic acids is 1. The van der Waals surface area contributed by atoms with Crippen LogP contribution >= 0.6 is 0 Å². The molecule has 0 unspecified atom stereocenters. The number of aryl methyl sites for hydroxylation is 1. The van der Waals surface area contributed by atoms with Crippen molar-refractivity contribution in [1.29, 1.82) is 0 Å². The Balaban J connectivity index is 2.07. The smallest absolute Gasteiger partial charge is 0.341 e. The maximum atomic E-state index is 11.7. The number of esters is 1. The number of rotatable bonds is 3. The summed E-state index contributed by atoms with van der Waals surface area (Å²) in [4.78, 5) is 15.8. The Hall–Kier alpha value is -2.70. The zero-order valence-corrected chi connectivity index (χ0v) is 11.1. The number of carbonyl (C=O) groups is 1. The average Bonchev–Trinajstić information content (AvgIpc) is 3.06. The molecular formula is C13H13N5O2. The van der Waals surface area contributed by atoms with Crippen LogP contribution in [-0.2, 0) is 4.74 Å². The van der Waals surface area contributed by atoms with Gasteiger partial charge in [0.1, 0.15) is 6.33 Å². The molecule has 0 radical (unpaired) electrons. The predicted molar refractivity (Wildman–Crippen MR) is 70.8 cm³/mol. The molecule has 0 aromatic carbocycles. The van der Waals surface area contributed by atoms with Crippen molar-refractivity contribution in [2.24, 2.45) is 0 Å². The summed E-state index contributed by atoms with van der Waals surface area (Å²) in [6.45, 7) is 4.07. The first-order valence-corrected chi connectivity index (χ1v) is 6.21.